The van der Waals surface area contributed by atoms with E-state index in [1.807, 2.05) is 29.2 Å². The normalized spacial score (nSPS) is 14.8. The van der Waals surface area contributed by atoms with Crippen LogP contribution in [0.15, 0.2) is 24.3 Å². The van der Waals surface area contributed by atoms with Crippen molar-refractivity contribution >= 4 is 17.5 Å². The number of hydrogen-bond donors (Lipinski definition) is 1. The lowest BCUT2D eigenvalue weighted by atomic mass is 10.1. The van der Waals surface area contributed by atoms with Crippen LogP contribution < -0.4 is 10.2 Å². The second-order valence-electron chi connectivity index (χ2n) is 6.02. The number of anilines is 1. The zero-order valence-corrected chi connectivity index (χ0v) is 12.9. The fourth-order valence-electron chi connectivity index (χ4n) is 2.46. The van der Waals surface area contributed by atoms with E-state index in [4.69, 9.17) is 0 Å². The topological polar surface area (TPSA) is 49.4 Å². The van der Waals surface area contributed by atoms with E-state index in [2.05, 4.69) is 19.2 Å². The number of carbonyl (C=O) groups is 2. The molecule has 4 heteroatoms. The van der Waals surface area contributed by atoms with Gasteiger partial charge < -0.3 is 10.2 Å². The van der Waals surface area contributed by atoms with Gasteiger partial charge in [-0.2, -0.15) is 0 Å². The molecule has 1 saturated heterocycles. The van der Waals surface area contributed by atoms with Crippen LogP contribution in [0, 0.1) is 5.92 Å². The van der Waals surface area contributed by atoms with Crippen molar-refractivity contribution < 1.29 is 9.59 Å². The van der Waals surface area contributed by atoms with Gasteiger partial charge in [0.25, 0.3) is 0 Å². The summed E-state index contributed by atoms with van der Waals surface area (Å²) in [6.07, 6.45) is 2.97. The van der Waals surface area contributed by atoms with E-state index >= 15 is 0 Å². The summed E-state index contributed by atoms with van der Waals surface area (Å²) >= 11 is 0. The third kappa shape index (κ3) is 4.59. The van der Waals surface area contributed by atoms with Crippen LogP contribution in [0.2, 0.25) is 0 Å². The van der Waals surface area contributed by atoms with Gasteiger partial charge in [-0.05, 0) is 36.5 Å². The van der Waals surface area contributed by atoms with Crippen molar-refractivity contribution in [1.29, 1.82) is 0 Å². The molecule has 1 aromatic carbocycles. The van der Waals surface area contributed by atoms with E-state index in [0.29, 0.717) is 18.8 Å². The highest BCUT2D eigenvalue weighted by Gasteiger charge is 2.21. The van der Waals surface area contributed by atoms with E-state index in [9.17, 15) is 9.59 Å². The second kappa shape index (κ2) is 7.25. The summed E-state index contributed by atoms with van der Waals surface area (Å²) in [5.41, 5.74) is 1.91. The molecule has 1 aromatic rings. The molecule has 2 rings (SSSR count). The molecule has 1 fully saturated rings. The predicted molar refractivity (Wildman–Crippen MR) is 84.2 cm³/mol. The molecule has 0 spiro atoms. The molecule has 0 atom stereocenters. The van der Waals surface area contributed by atoms with Gasteiger partial charge in [0, 0.05) is 25.2 Å². The Balaban J connectivity index is 1.84. The van der Waals surface area contributed by atoms with E-state index in [-0.39, 0.29) is 11.8 Å². The van der Waals surface area contributed by atoms with E-state index in [1.165, 1.54) is 0 Å². The molecule has 0 unspecified atom stereocenters. The lowest BCUT2D eigenvalue weighted by molar-refractivity contribution is -0.120. The maximum absolute atomic E-state index is 11.8. The van der Waals surface area contributed by atoms with Crippen LogP contribution in [-0.4, -0.2) is 24.9 Å². The Morgan fingerprint density at radius 3 is 2.57 bits per heavy atom. The van der Waals surface area contributed by atoms with Crippen LogP contribution in [0.25, 0.3) is 0 Å². The lowest BCUT2D eigenvalue weighted by Crippen LogP contribution is -2.27. The first kappa shape index (κ1) is 15.5. The first-order valence-electron chi connectivity index (χ1n) is 7.72. The number of carbonyl (C=O) groups excluding carboxylic acids is 2. The summed E-state index contributed by atoms with van der Waals surface area (Å²) in [6.45, 7) is 5.82. The van der Waals surface area contributed by atoms with Gasteiger partial charge in [-0.15, -0.1) is 0 Å². The van der Waals surface area contributed by atoms with Crippen molar-refractivity contribution in [3.8, 4) is 0 Å². The molecule has 1 N–H and O–H groups in total. The zero-order valence-electron chi connectivity index (χ0n) is 12.9. The van der Waals surface area contributed by atoms with Crippen LogP contribution in [0.5, 0.6) is 0 Å². The number of hydrogen-bond acceptors (Lipinski definition) is 2. The van der Waals surface area contributed by atoms with Crippen LogP contribution >= 0.6 is 0 Å². The molecule has 1 heterocycles. The highest BCUT2D eigenvalue weighted by molar-refractivity contribution is 5.95. The Bertz CT molecular complexity index is 494. The summed E-state index contributed by atoms with van der Waals surface area (Å²) < 4.78 is 0. The lowest BCUT2D eigenvalue weighted by Gasteiger charge is -2.15. The Kier molecular flexibility index (Phi) is 5.37. The number of rotatable bonds is 6. The number of nitrogens with zero attached hydrogens (tertiary/aromatic N) is 1. The van der Waals surface area contributed by atoms with Gasteiger partial charge in [-0.3, -0.25) is 9.59 Å². The Morgan fingerprint density at radius 2 is 2.00 bits per heavy atom. The number of nitrogens with one attached hydrogen (secondary N) is 1. The largest absolute Gasteiger partial charge is 0.356 e. The molecule has 1 aliphatic heterocycles. The summed E-state index contributed by atoms with van der Waals surface area (Å²) in [4.78, 5) is 25.3. The Labute approximate surface area is 126 Å². The van der Waals surface area contributed by atoms with Gasteiger partial charge in [-0.25, -0.2) is 0 Å². The monoisotopic (exact) mass is 288 g/mol. The standard InChI is InChI=1S/C17H24N2O2/c1-13(2)9-10-18-16(20)12-14-5-7-15(8-6-14)19-11-3-4-17(19)21/h5-8,13H,3-4,9-12H2,1-2H3,(H,18,20). The van der Waals surface area contributed by atoms with E-state index in [1.54, 1.807) is 0 Å². The fraction of sp³-hybridized carbons (Fsp3) is 0.529. The van der Waals surface area contributed by atoms with Gasteiger partial charge in [-0.1, -0.05) is 26.0 Å². The van der Waals surface area contributed by atoms with Crippen molar-refractivity contribution in [2.45, 2.75) is 39.5 Å². The van der Waals surface area contributed by atoms with Gasteiger partial charge in [0.2, 0.25) is 11.8 Å². The van der Waals surface area contributed by atoms with Crippen LogP contribution in [0.1, 0.15) is 38.7 Å². The third-order valence-electron chi connectivity index (χ3n) is 3.73. The molecular weight excluding hydrogens is 264 g/mol. The molecule has 0 aliphatic carbocycles. The minimum absolute atomic E-state index is 0.0562. The minimum atomic E-state index is 0.0562. The molecule has 0 radical (unpaired) electrons. The van der Waals surface area contributed by atoms with Gasteiger partial charge in [0.1, 0.15) is 0 Å². The first-order chi connectivity index (χ1) is 10.1. The maximum atomic E-state index is 11.8. The van der Waals surface area contributed by atoms with Gasteiger partial charge in [0.05, 0.1) is 6.42 Å². The highest BCUT2D eigenvalue weighted by atomic mass is 16.2. The highest BCUT2D eigenvalue weighted by Crippen LogP contribution is 2.21. The molecule has 4 nitrogen and oxygen atoms in total. The predicted octanol–water partition coefficient (Wildman–Crippen LogP) is 2.52. The summed E-state index contributed by atoms with van der Waals surface area (Å²) in [6, 6.07) is 7.73. The van der Waals surface area contributed by atoms with Gasteiger partial charge >= 0.3 is 0 Å². The molecule has 21 heavy (non-hydrogen) atoms. The van der Waals surface area contributed by atoms with Crippen molar-refractivity contribution in [3.05, 3.63) is 29.8 Å². The van der Waals surface area contributed by atoms with Crippen molar-refractivity contribution in [2.24, 2.45) is 5.92 Å². The Hall–Kier alpha value is -1.84. The summed E-state index contributed by atoms with van der Waals surface area (Å²) in [7, 11) is 0. The molecular formula is C17H24N2O2. The van der Waals surface area contributed by atoms with Crippen molar-refractivity contribution in [1.82, 2.24) is 5.32 Å². The molecule has 0 aromatic heterocycles. The minimum Gasteiger partial charge on any atom is -0.356 e. The fourth-order valence-corrected chi connectivity index (χ4v) is 2.46. The third-order valence-corrected chi connectivity index (χ3v) is 3.73. The molecule has 114 valence electrons. The van der Waals surface area contributed by atoms with Gasteiger partial charge in [0.15, 0.2) is 0 Å². The Morgan fingerprint density at radius 1 is 1.29 bits per heavy atom. The molecule has 1 aliphatic rings. The summed E-state index contributed by atoms with van der Waals surface area (Å²) in [5.74, 6) is 0.845. The second-order valence-corrected chi connectivity index (χ2v) is 6.02. The molecule has 0 saturated carbocycles. The average Bonchev–Trinajstić information content (AvgIpc) is 2.85. The number of benzene rings is 1. The average molecular weight is 288 g/mol. The number of amides is 2. The van der Waals surface area contributed by atoms with E-state index < -0.39 is 0 Å². The quantitative estimate of drug-likeness (QED) is 0.874. The smallest absolute Gasteiger partial charge is 0.227 e. The first-order valence-corrected chi connectivity index (χ1v) is 7.72. The van der Waals surface area contributed by atoms with E-state index in [0.717, 1.165) is 37.2 Å². The SMILES string of the molecule is CC(C)CCNC(=O)Cc1ccc(N2CCCC2=O)cc1. The van der Waals surface area contributed by atoms with Crippen LogP contribution in [-0.2, 0) is 16.0 Å². The van der Waals surface area contributed by atoms with Crippen LogP contribution in [0.4, 0.5) is 5.69 Å². The van der Waals surface area contributed by atoms with Crippen molar-refractivity contribution in [2.75, 3.05) is 18.0 Å². The van der Waals surface area contributed by atoms with Crippen molar-refractivity contribution in [3.63, 3.8) is 0 Å². The van der Waals surface area contributed by atoms with Crippen LogP contribution in [0.3, 0.4) is 0 Å². The zero-order chi connectivity index (χ0) is 15.2. The maximum Gasteiger partial charge on any atom is 0.227 e. The molecule has 2 amide bonds. The molecule has 0 bridgehead atoms. The summed E-state index contributed by atoms with van der Waals surface area (Å²) in [5, 5.41) is 2.94.